The fourth-order valence-corrected chi connectivity index (χ4v) is 5.25. The first-order valence-electron chi connectivity index (χ1n) is 9.78. The number of ether oxygens (including phenoxy) is 1. The Morgan fingerprint density at radius 1 is 1.09 bits per heavy atom. The van der Waals surface area contributed by atoms with Crippen LogP contribution in [0.2, 0.25) is 0 Å². The van der Waals surface area contributed by atoms with Crippen molar-refractivity contribution in [3.8, 4) is 5.75 Å². The van der Waals surface area contributed by atoms with E-state index in [1.165, 1.54) is 41.6 Å². The first-order valence-corrected chi connectivity index (χ1v) is 12.8. The van der Waals surface area contributed by atoms with Crippen LogP contribution < -0.4 is 15.2 Å². The number of amides is 1. The van der Waals surface area contributed by atoms with Gasteiger partial charge in [0, 0.05) is 24.8 Å². The molecule has 0 aliphatic carbocycles. The normalized spacial score (nSPS) is 15.7. The molecule has 0 aromatic heterocycles. The molecule has 1 aliphatic heterocycles. The Bertz CT molecular complexity index is 1270. The van der Waals surface area contributed by atoms with Crippen molar-refractivity contribution < 1.29 is 31.3 Å². The number of nitrogens with one attached hydrogen (secondary N) is 1. The standard InChI is InChI=1S/C19H22N4O8S2/c1-13(19(24)21-14-4-6-15(7-5-14)32(20,27)28)31-18-9-8-16(12-17(18)23(25)26)33(29,30)22-10-2-3-11-22/h4-9,12-13H,2-3,10-11H2,1H3,(H,21,24)(H2,20,27,28). The quantitative estimate of drug-likeness (QED) is 0.405. The first-order chi connectivity index (χ1) is 15.4. The van der Waals surface area contributed by atoms with Gasteiger partial charge in [0.2, 0.25) is 20.0 Å². The number of primary sulfonamides is 1. The summed E-state index contributed by atoms with van der Waals surface area (Å²) in [6.45, 7) is 2.06. The molecule has 1 heterocycles. The average molecular weight is 499 g/mol. The molecule has 0 bridgehead atoms. The van der Waals surface area contributed by atoms with Crippen LogP contribution in [0, 0.1) is 10.1 Å². The summed E-state index contributed by atoms with van der Waals surface area (Å²) in [7, 11) is -7.75. The van der Waals surface area contributed by atoms with E-state index >= 15 is 0 Å². The van der Waals surface area contributed by atoms with Gasteiger partial charge in [0.25, 0.3) is 5.91 Å². The summed E-state index contributed by atoms with van der Waals surface area (Å²) in [6.07, 6.45) is 0.252. The van der Waals surface area contributed by atoms with Crippen LogP contribution in [0.15, 0.2) is 52.3 Å². The van der Waals surface area contributed by atoms with Crippen LogP contribution in [0.3, 0.4) is 0 Å². The molecule has 1 aliphatic rings. The van der Waals surface area contributed by atoms with Crippen molar-refractivity contribution in [2.45, 2.75) is 35.7 Å². The molecule has 33 heavy (non-hydrogen) atoms. The number of nitro benzene ring substituents is 1. The summed E-state index contributed by atoms with van der Waals surface area (Å²) in [5.74, 6) is -0.936. The predicted octanol–water partition coefficient (Wildman–Crippen LogP) is 1.43. The van der Waals surface area contributed by atoms with Gasteiger partial charge in [-0.05, 0) is 56.2 Å². The van der Waals surface area contributed by atoms with Crippen molar-refractivity contribution in [1.29, 1.82) is 0 Å². The van der Waals surface area contributed by atoms with Crippen LogP contribution >= 0.6 is 0 Å². The number of carbonyl (C=O) groups is 1. The molecule has 1 fully saturated rings. The molecule has 0 radical (unpaired) electrons. The Kier molecular flexibility index (Phi) is 7.02. The third kappa shape index (κ3) is 5.65. The second kappa shape index (κ2) is 9.43. The number of benzene rings is 2. The highest BCUT2D eigenvalue weighted by Gasteiger charge is 2.30. The zero-order chi connectivity index (χ0) is 24.4. The molecule has 0 saturated carbocycles. The summed E-state index contributed by atoms with van der Waals surface area (Å²) in [5.41, 5.74) is -0.336. The molecular formula is C19H22N4O8S2. The summed E-state index contributed by atoms with van der Waals surface area (Å²) in [6, 6.07) is 8.33. The van der Waals surface area contributed by atoms with E-state index in [2.05, 4.69) is 5.32 Å². The number of sulfonamides is 2. The van der Waals surface area contributed by atoms with Crippen molar-refractivity contribution in [2.75, 3.05) is 18.4 Å². The zero-order valence-electron chi connectivity index (χ0n) is 17.5. The molecule has 3 N–H and O–H groups in total. The highest BCUT2D eigenvalue weighted by atomic mass is 32.2. The van der Waals surface area contributed by atoms with Crippen molar-refractivity contribution in [2.24, 2.45) is 5.14 Å². The monoisotopic (exact) mass is 498 g/mol. The number of hydrogen-bond donors (Lipinski definition) is 2. The van der Waals surface area contributed by atoms with Crippen LogP contribution in [-0.2, 0) is 24.8 Å². The first kappa shape index (κ1) is 24.6. The van der Waals surface area contributed by atoms with Gasteiger partial charge in [-0.3, -0.25) is 14.9 Å². The second-order valence-electron chi connectivity index (χ2n) is 7.32. The van der Waals surface area contributed by atoms with Gasteiger partial charge in [-0.1, -0.05) is 0 Å². The lowest BCUT2D eigenvalue weighted by molar-refractivity contribution is -0.386. The minimum Gasteiger partial charge on any atom is -0.474 e. The molecule has 14 heteroatoms. The van der Waals surface area contributed by atoms with Crippen LogP contribution in [0.4, 0.5) is 11.4 Å². The van der Waals surface area contributed by atoms with E-state index in [9.17, 15) is 31.7 Å². The maximum Gasteiger partial charge on any atom is 0.312 e. The average Bonchev–Trinajstić information content (AvgIpc) is 3.29. The fourth-order valence-electron chi connectivity index (χ4n) is 3.19. The van der Waals surface area contributed by atoms with Gasteiger partial charge in [-0.15, -0.1) is 0 Å². The molecule has 178 valence electrons. The molecule has 12 nitrogen and oxygen atoms in total. The molecule has 1 saturated heterocycles. The second-order valence-corrected chi connectivity index (χ2v) is 10.8. The molecular weight excluding hydrogens is 476 g/mol. The smallest absolute Gasteiger partial charge is 0.312 e. The van der Waals surface area contributed by atoms with Gasteiger partial charge in [-0.2, -0.15) is 4.31 Å². The number of anilines is 1. The molecule has 3 rings (SSSR count). The third-order valence-corrected chi connectivity index (χ3v) is 7.78. The van der Waals surface area contributed by atoms with E-state index in [-0.39, 0.29) is 21.2 Å². The predicted molar refractivity (Wildman–Crippen MR) is 118 cm³/mol. The van der Waals surface area contributed by atoms with Crippen LogP contribution in [0.25, 0.3) is 0 Å². The summed E-state index contributed by atoms with van der Waals surface area (Å²) < 4.78 is 54.7. The third-order valence-electron chi connectivity index (χ3n) is 4.95. The number of nitrogens with two attached hydrogens (primary N) is 1. The van der Waals surface area contributed by atoms with Gasteiger partial charge >= 0.3 is 5.69 Å². The van der Waals surface area contributed by atoms with E-state index in [1.807, 2.05) is 0 Å². The van der Waals surface area contributed by atoms with Crippen LogP contribution in [0.5, 0.6) is 5.75 Å². The Hall–Kier alpha value is -3.07. The number of carbonyl (C=O) groups excluding carboxylic acids is 1. The Morgan fingerprint density at radius 2 is 1.67 bits per heavy atom. The summed E-state index contributed by atoms with van der Waals surface area (Å²) in [5, 5.41) is 19.0. The Balaban J connectivity index is 1.76. The van der Waals surface area contributed by atoms with Gasteiger partial charge < -0.3 is 10.1 Å². The Labute approximate surface area is 190 Å². The zero-order valence-corrected chi connectivity index (χ0v) is 19.1. The van der Waals surface area contributed by atoms with Crippen LogP contribution in [-0.4, -0.2) is 51.2 Å². The lowest BCUT2D eigenvalue weighted by Gasteiger charge is -2.17. The van der Waals surface area contributed by atoms with Crippen molar-refractivity contribution in [3.63, 3.8) is 0 Å². The number of nitrogens with zero attached hydrogens (tertiary/aromatic N) is 2. The van der Waals surface area contributed by atoms with E-state index in [0.717, 1.165) is 25.0 Å². The molecule has 1 atom stereocenters. The summed E-state index contributed by atoms with van der Waals surface area (Å²) >= 11 is 0. The van der Waals surface area contributed by atoms with Crippen molar-refractivity contribution in [1.82, 2.24) is 4.31 Å². The molecule has 2 aromatic rings. The number of nitro groups is 1. The highest BCUT2D eigenvalue weighted by Crippen LogP contribution is 2.32. The molecule has 0 spiro atoms. The van der Waals surface area contributed by atoms with Crippen molar-refractivity contribution >= 4 is 37.3 Å². The largest absolute Gasteiger partial charge is 0.474 e. The Morgan fingerprint density at radius 3 is 2.21 bits per heavy atom. The highest BCUT2D eigenvalue weighted by molar-refractivity contribution is 7.89. The number of hydrogen-bond acceptors (Lipinski definition) is 8. The number of rotatable bonds is 8. The van der Waals surface area contributed by atoms with E-state index < -0.39 is 42.7 Å². The van der Waals surface area contributed by atoms with Gasteiger partial charge in [-0.25, -0.2) is 22.0 Å². The minimum atomic E-state index is -3.88. The summed E-state index contributed by atoms with van der Waals surface area (Å²) in [4.78, 5) is 22.8. The van der Waals surface area contributed by atoms with E-state index in [0.29, 0.717) is 13.1 Å². The topological polar surface area (TPSA) is 179 Å². The molecule has 1 unspecified atom stereocenters. The van der Waals surface area contributed by atoms with E-state index in [1.54, 1.807) is 0 Å². The lowest BCUT2D eigenvalue weighted by Crippen LogP contribution is -2.30. The van der Waals surface area contributed by atoms with Gasteiger partial charge in [0.15, 0.2) is 11.9 Å². The maximum atomic E-state index is 12.7. The van der Waals surface area contributed by atoms with Gasteiger partial charge in [0.05, 0.1) is 14.7 Å². The maximum absolute atomic E-state index is 12.7. The SMILES string of the molecule is CC(Oc1ccc(S(=O)(=O)N2CCCC2)cc1[N+](=O)[O-])C(=O)Nc1ccc(S(N)(=O)=O)cc1. The molecule has 2 aromatic carbocycles. The van der Waals surface area contributed by atoms with E-state index in [4.69, 9.17) is 9.88 Å². The van der Waals surface area contributed by atoms with Crippen molar-refractivity contribution in [3.05, 3.63) is 52.6 Å². The van der Waals surface area contributed by atoms with Crippen LogP contribution in [0.1, 0.15) is 19.8 Å². The fraction of sp³-hybridized carbons (Fsp3) is 0.316. The lowest BCUT2D eigenvalue weighted by atomic mass is 10.2. The van der Waals surface area contributed by atoms with Gasteiger partial charge in [0.1, 0.15) is 0 Å². The minimum absolute atomic E-state index is 0.135. The molecule has 1 amide bonds.